The predicted molar refractivity (Wildman–Crippen MR) is 120 cm³/mol. The van der Waals surface area contributed by atoms with Crippen molar-refractivity contribution in [3.8, 4) is 0 Å². The van der Waals surface area contributed by atoms with Crippen LogP contribution in [0.1, 0.15) is 32.1 Å². The minimum Gasteiger partial charge on any atom is -0.454 e. The molecule has 2 aromatic rings. The Hall–Kier alpha value is -2.46. The second-order valence-electron chi connectivity index (χ2n) is 7.34. The summed E-state index contributed by atoms with van der Waals surface area (Å²) in [7, 11) is -3.81. The van der Waals surface area contributed by atoms with Gasteiger partial charge in [-0.3, -0.25) is 4.79 Å². The molecule has 32 heavy (non-hydrogen) atoms. The number of esters is 1. The molecule has 1 aliphatic rings. The number of Topliss-reactive ketones (excluding diaryl/α,β-unsaturated/α-hetero) is 1. The molecule has 0 aliphatic carbocycles. The number of nitrogens with zero attached hydrogens (tertiary/aromatic N) is 2. The first-order valence-corrected chi connectivity index (χ1v) is 11.8. The van der Waals surface area contributed by atoms with Crippen LogP contribution in [0.3, 0.4) is 0 Å². The molecule has 0 radical (unpaired) electrons. The summed E-state index contributed by atoms with van der Waals surface area (Å²) < 4.78 is 39.3. The molecular formula is C22H25ClN2O6S. The topological polar surface area (TPSA) is 94.9 Å². The summed E-state index contributed by atoms with van der Waals surface area (Å²) in [5.74, 6) is -1.24. The highest BCUT2D eigenvalue weighted by atomic mass is 35.5. The number of hydrogen-bond acceptors (Lipinski definition) is 6. The van der Waals surface area contributed by atoms with E-state index in [1.807, 2.05) is 18.4 Å². The summed E-state index contributed by atoms with van der Waals surface area (Å²) in [4.78, 5) is 25.2. The average molecular weight is 481 g/mol. The predicted octanol–water partition coefficient (Wildman–Crippen LogP) is 3.00. The molecule has 1 aromatic carbocycles. The van der Waals surface area contributed by atoms with Gasteiger partial charge in [-0.05, 0) is 38.1 Å². The normalized spacial score (nSPS) is 14.8. The van der Waals surface area contributed by atoms with Gasteiger partial charge < -0.3 is 14.0 Å². The molecule has 0 spiro atoms. The zero-order valence-electron chi connectivity index (χ0n) is 18.0. The van der Waals surface area contributed by atoms with Crippen molar-refractivity contribution in [1.29, 1.82) is 0 Å². The van der Waals surface area contributed by atoms with Gasteiger partial charge in [-0.25, -0.2) is 13.2 Å². The SMILES string of the molecule is C=CCn1c(C)cc(C(=O)COC(=O)c2cc(S(=O)(=O)N3CCOCC3)ccc2Cl)c1C. The second kappa shape index (κ2) is 9.99. The van der Waals surface area contributed by atoms with E-state index in [0.717, 1.165) is 11.4 Å². The van der Waals surface area contributed by atoms with Crippen LogP contribution in [0.4, 0.5) is 0 Å². The highest BCUT2D eigenvalue weighted by Gasteiger charge is 2.28. The molecule has 0 unspecified atom stereocenters. The quantitative estimate of drug-likeness (QED) is 0.327. The molecule has 10 heteroatoms. The lowest BCUT2D eigenvalue weighted by Crippen LogP contribution is -2.40. The Morgan fingerprint density at radius 3 is 2.53 bits per heavy atom. The van der Waals surface area contributed by atoms with E-state index in [4.69, 9.17) is 21.1 Å². The molecule has 8 nitrogen and oxygen atoms in total. The van der Waals surface area contributed by atoms with E-state index in [-0.39, 0.29) is 34.4 Å². The Labute approximate surface area is 192 Å². The van der Waals surface area contributed by atoms with Crippen LogP contribution in [0.25, 0.3) is 0 Å². The number of aryl methyl sites for hydroxylation is 1. The lowest BCUT2D eigenvalue weighted by atomic mass is 10.1. The van der Waals surface area contributed by atoms with Crippen LogP contribution in [-0.4, -0.2) is 62.0 Å². The largest absolute Gasteiger partial charge is 0.454 e. The first kappa shape index (κ1) is 24.2. The van der Waals surface area contributed by atoms with Gasteiger partial charge in [0, 0.05) is 36.6 Å². The number of allylic oxidation sites excluding steroid dienone is 1. The molecule has 0 bridgehead atoms. The van der Waals surface area contributed by atoms with E-state index < -0.39 is 22.6 Å². The fourth-order valence-corrected chi connectivity index (χ4v) is 5.17. The number of rotatable bonds is 8. The molecule has 172 valence electrons. The fraction of sp³-hybridized carbons (Fsp3) is 0.364. The number of benzene rings is 1. The van der Waals surface area contributed by atoms with Crippen molar-refractivity contribution in [2.24, 2.45) is 0 Å². The van der Waals surface area contributed by atoms with Gasteiger partial charge in [0.25, 0.3) is 0 Å². The van der Waals surface area contributed by atoms with Crippen molar-refractivity contribution in [2.45, 2.75) is 25.3 Å². The molecule has 0 amide bonds. The lowest BCUT2D eigenvalue weighted by Gasteiger charge is -2.26. The summed E-state index contributed by atoms with van der Waals surface area (Å²) in [6, 6.07) is 5.58. The van der Waals surface area contributed by atoms with Gasteiger partial charge in [0.1, 0.15) is 0 Å². The summed E-state index contributed by atoms with van der Waals surface area (Å²) in [5.41, 5.74) is 1.97. The van der Waals surface area contributed by atoms with Gasteiger partial charge in [-0.15, -0.1) is 6.58 Å². The van der Waals surface area contributed by atoms with Crippen LogP contribution in [0.2, 0.25) is 5.02 Å². The van der Waals surface area contributed by atoms with E-state index in [0.29, 0.717) is 25.3 Å². The van der Waals surface area contributed by atoms with Gasteiger partial charge in [-0.1, -0.05) is 17.7 Å². The van der Waals surface area contributed by atoms with Crippen molar-refractivity contribution in [1.82, 2.24) is 8.87 Å². The van der Waals surface area contributed by atoms with Crippen LogP contribution >= 0.6 is 11.6 Å². The molecule has 1 aromatic heterocycles. The second-order valence-corrected chi connectivity index (χ2v) is 9.69. The van der Waals surface area contributed by atoms with Crippen LogP contribution in [0, 0.1) is 13.8 Å². The number of hydrogen-bond donors (Lipinski definition) is 0. The number of halogens is 1. The molecule has 0 N–H and O–H groups in total. The first-order chi connectivity index (χ1) is 15.2. The summed E-state index contributed by atoms with van der Waals surface area (Å²) in [6.45, 7) is 8.52. The molecule has 1 fully saturated rings. The molecule has 2 heterocycles. The van der Waals surface area contributed by atoms with E-state index >= 15 is 0 Å². The maximum absolute atomic E-state index is 12.9. The van der Waals surface area contributed by atoms with Crippen LogP contribution in [0.15, 0.2) is 41.8 Å². The smallest absolute Gasteiger partial charge is 0.340 e. The van der Waals surface area contributed by atoms with Crippen molar-refractivity contribution in [3.05, 3.63) is 64.5 Å². The molecule has 0 atom stereocenters. The standard InChI is InChI=1S/C22H25ClN2O6S/c1-4-7-25-15(2)12-18(16(25)3)21(26)14-31-22(27)19-13-17(5-6-20(19)23)32(28,29)24-8-10-30-11-9-24/h4-6,12-13H,1,7-11,14H2,2-3H3. The molecule has 3 rings (SSSR count). The number of ether oxygens (including phenoxy) is 2. The van der Waals surface area contributed by atoms with Crippen molar-refractivity contribution < 1.29 is 27.5 Å². The highest BCUT2D eigenvalue weighted by Crippen LogP contribution is 2.24. The van der Waals surface area contributed by atoms with Crippen molar-refractivity contribution in [3.63, 3.8) is 0 Å². The van der Waals surface area contributed by atoms with Crippen LogP contribution in [-0.2, 0) is 26.0 Å². The molecule has 0 saturated carbocycles. The van der Waals surface area contributed by atoms with Crippen LogP contribution < -0.4 is 0 Å². The van der Waals surface area contributed by atoms with E-state index in [1.54, 1.807) is 12.1 Å². The number of morpholine rings is 1. The van der Waals surface area contributed by atoms with Crippen LogP contribution in [0.5, 0.6) is 0 Å². The van der Waals surface area contributed by atoms with E-state index in [1.165, 1.54) is 22.5 Å². The maximum atomic E-state index is 12.9. The third-order valence-corrected chi connectivity index (χ3v) is 7.51. The zero-order valence-corrected chi connectivity index (χ0v) is 19.5. The Morgan fingerprint density at radius 1 is 1.19 bits per heavy atom. The third kappa shape index (κ3) is 4.96. The van der Waals surface area contributed by atoms with Gasteiger partial charge in [0.05, 0.1) is 28.7 Å². The maximum Gasteiger partial charge on any atom is 0.340 e. The third-order valence-electron chi connectivity index (χ3n) is 5.29. The fourth-order valence-electron chi connectivity index (χ4n) is 3.54. The Kier molecular flexibility index (Phi) is 7.55. The average Bonchev–Trinajstić information content (AvgIpc) is 3.06. The van der Waals surface area contributed by atoms with Gasteiger partial charge in [-0.2, -0.15) is 4.31 Å². The number of carbonyl (C=O) groups excluding carboxylic acids is 2. The van der Waals surface area contributed by atoms with E-state index in [9.17, 15) is 18.0 Å². The molecule has 1 saturated heterocycles. The number of ketones is 1. The summed E-state index contributed by atoms with van der Waals surface area (Å²) >= 11 is 6.12. The monoisotopic (exact) mass is 480 g/mol. The van der Waals surface area contributed by atoms with E-state index in [2.05, 4.69) is 6.58 Å². The Balaban J connectivity index is 1.75. The Bertz CT molecular complexity index is 1150. The molecular weight excluding hydrogens is 456 g/mol. The molecule has 1 aliphatic heterocycles. The first-order valence-electron chi connectivity index (χ1n) is 10.0. The number of carbonyl (C=O) groups is 2. The zero-order chi connectivity index (χ0) is 23.5. The minimum absolute atomic E-state index is 0.0348. The van der Waals surface area contributed by atoms with Gasteiger partial charge in [0.15, 0.2) is 6.61 Å². The highest BCUT2D eigenvalue weighted by molar-refractivity contribution is 7.89. The number of aromatic nitrogens is 1. The number of sulfonamides is 1. The van der Waals surface area contributed by atoms with Crippen molar-refractivity contribution in [2.75, 3.05) is 32.9 Å². The van der Waals surface area contributed by atoms with Gasteiger partial charge in [0.2, 0.25) is 15.8 Å². The summed E-state index contributed by atoms with van der Waals surface area (Å²) in [5, 5.41) is 0.0348. The Morgan fingerprint density at radius 2 is 1.88 bits per heavy atom. The lowest BCUT2D eigenvalue weighted by molar-refractivity contribution is 0.0474. The minimum atomic E-state index is -3.81. The van der Waals surface area contributed by atoms with Crippen molar-refractivity contribution >= 4 is 33.4 Å². The summed E-state index contributed by atoms with van der Waals surface area (Å²) in [6.07, 6.45) is 1.73. The van der Waals surface area contributed by atoms with Gasteiger partial charge >= 0.3 is 5.97 Å².